The first kappa shape index (κ1) is 15.5. The number of aryl methyl sites for hydroxylation is 1. The minimum Gasteiger partial charge on any atom is -0.465 e. The van der Waals surface area contributed by atoms with E-state index >= 15 is 0 Å². The maximum absolute atomic E-state index is 12.7. The van der Waals surface area contributed by atoms with E-state index in [9.17, 15) is 18.0 Å². The van der Waals surface area contributed by atoms with Crippen LogP contribution in [0.15, 0.2) is 18.2 Å². The molecule has 0 saturated heterocycles. The molecule has 0 aliphatic rings. The number of carbonyl (C=O) groups excluding carboxylic acids is 1. The van der Waals surface area contributed by atoms with Crippen LogP contribution in [-0.2, 0) is 22.1 Å². The van der Waals surface area contributed by atoms with E-state index in [1.807, 2.05) is 0 Å². The quantitative estimate of drug-likeness (QED) is 0.859. The van der Waals surface area contributed by atoms with Crippen molar-refractivity contribution in [1.29, 1.82) is 0 Å². The van der Waals surface area contributed by atoms with Gasteiger partial charge >= 0.3 is 12.1 Å². The van der Waals surface area contributed by atoms with Crippen molar-refractivity contribution in [3.63, 3.8) is 0 Å². The van der Waals surface area contributed by atoms with Crippen molar-refractivity contribution < 1.29 is 22.7 Å². The number of halogens is 3. The van der Waals surface area contributed by atoms with Gasteiger partial charge in [0.15, 0.2) is 0 Å². The number of hydrogen-bond acceptors (Lipinski definition) is 3. The molecule has 0 fully saturated rings. The molecule has 1 aromatic carbocycles. The summed E-state index contributed by atoms with van der Waals surface area (Å²) in [5.41, 5.74) is 5.37. The average molecular weight is 275 g/mol. The molecule has 3 nitrogen and oxygen atoms in total. The zero-order chi connectivity index (χ0) is 14.6. The Labute approximate surface area is 109 Å². The summed E-state index contributed by atoms with van der Waals surface area (Å²) in [4.78, 5) is 11.3. The lowest BCUT2D eigenvalue weighted by Crippen LogP contribution is -2.34. The first-order chi connectivity index (χ1) is 8.75. The highest BCUT2D eigenvalue weighted by atomic mass is 19.4. The fourth-order valence-electron chi connectivity index (χ4n) is 1.69. The van der Waals surface area contributed by atoms with E-state index in [1.165, 1.54) is 19.1 Å². The fourth-order valence-corrected chi connectivity index (χ4v) is 1.69. The highest BCUT2D eigenvalue weighted by Crippen LogP contribution is 2.32. The van der Waals surface area contributed by atoms with Crippen LogP contribution >= 0.6 is 0 Å². The van der Waals surface area contributed by atoms with Crippen molar-refractivity contribution in [3.05, 3.63) is 34.9 Å². The monoisotopic (exact) mass is 275 g/mol. The van der Waals surface area contributed by atoms with Gasteiger partial charge in [0, 0.05) is 0 Å². The zero-order valence-corrected chi connectivity index (χ0v) is 10.8. The van der Waals surface area contributed by atoms with Gasteiger partial charge in [-0.05, 0) is 37.5 Å². The lowest BCUT2D eigenvalue weighted by atomic mass is 10.00. The Morgan fingerprint density at radius 1 is 1.42 bits per heavy atom. The second-order valence-corrected chi connectivity index (χ2v) is 4.21. The van der Waals surface area contributed by atoms with Gasteiger partial charge < -0.3 is 10.5 Å². The predicted octanol–water partition coefficient (Wildman–Crippen LogP) is 2.45. The van der Waals surface area contributed by atoms with E-state index in [0.717, 1.165) is 6.07 Å². The van der Waals surface area contributed by atoms with Crippen LogP contribution in [0.5, 0.6) is 0 Å². The molecule has 0 aromatic heterocycles. The summed E-state index contributed by atoms with van der Waals surface area (Å²) in [7, 11) is 0. The number of alkyl halides is 3. The van der Waals surface area contributed by atoms with Crippen LogP contribution < -0.4 is 5.73 Å². The van der Waals surface area contributed by atoms with Crippen molar-refractivity contribution in [2.24, 2.45) is 5.73 Å². The van der Waals surface area contributed by atoms with Gasteiger partial charge in [-0.3, -0.25) is 4.79 Å². The topological polar surface area (TPSA) is 52.3 Å². The van der Waals surface area contributed by atoms with Crippen LogP contribution in [0, 0.1) is 6.92 Å². The minimum atomic E-state index is -4.41. The molecular weight excluding hydrogens is 259 g/mol. The smallest absolute Gasteiger partial charge is 0.416 e. The summed E-state index contributed by atoms with van der Waals surface area (Å²) in [6, 6.07) is 2.97. The van der Waals surface area contributed by atoms with Gasteiger partial charge in [0.2, 0.25) is 0 Å². The lowest BCUT2D eigenvalue weighted by molar-refractivity contribution is -0.144. The van der Waals surface area contributed by atoms with Crippen molar-refractivity contribution in [2.45, 2.75) is 32.5 Å². The Bertz CT molecular complexity index is 458. The maximum Gasteiger partial charge on any atom is 0.416 e. The summed E-state index contributed by atoms with van der Waals surface area (Å²) in [6.07, 6.45) is -4.39. The van der Waals surface area contributed by atoms with Crippen LogP contribution in [-0.4, -0.2) is 18.6 Å². The second-order valence-electron chi connectivity index (χ2n) is 4.21. The second kappa shape index (κ2) is 6.06. The lowest BCUT2D eigenvalue weighted by Gasteiger charge is -2.14. The Hall–Kier alpha value is -1.56. The molecule has 0 bridgehead atoms. The van der Waals surface area contributed by atoms with Gasteiger partial charge in [0.05, 0.1) is 12.2 Å². The Balaban J connectivity index is 2.89. The summed E-state index contributed by atoms with van der Waals surface area (Å²) < 4.78 is 42.9. The number of nitrogens with two attached hydrogens (primary N) is 1. The maximum atomic E-state index is 12.7. The first-order valence-electron chi connectivity index (χ1n) is 5.84. The molecule has 0 amide bonds. The van der Waals surface area contributed by atoms with Crippen LogP contribution in [0.3, 0.4) is 0 Å². The van der Waals surface area contributed by atoms with Gasteiger partial charge in [0.1, 0.15) is 6.04 Å². The van der Waals surface area contributed by atoms with E-state index in [1.54, 1.807) is 6.92 Å². The minimum absolute atomic E-state index is 0.0161. The average Bonchev–Trinajstić information content (AvgIpc) is 2.30. The van der Waals surface area contributed by atoms with E-state index in [0.29, 0.717) is 5.56 Å². The standard InChI is InChI=1S/C13H16F3NO2/c1-3-19-12(18)11(17)7-9-5-4-8(2)10(6-9)13(14,15)16/h4-6,11H,3,7,17H2,1-2H3. The van der Waals surface area contributed by atoms with Crippen LogP contribution in [0.25, 0.3) is 0 Å². The van der Waals surface area contributed by atoms with Crippen molar-refractivity contribution in [1.82, 2.24) is 0 Å². The van der Waals surface area contributed by atoms with E-state index in [-0.39, 0.29) is 18.6 Å². The molecule has 106 valence electrons. The number of benzene rings is 1. The fraction of sp³-hybridized carbons (Fsp3) is 0.462. The Kier molecular flexibility index (Phi) is 4.94. The SMILES string of the molecule is CCOC(=O)C(N)Cc1ccc(C)c(C(F)(F)F)c1. The zero-order valence-electron chi connectivity index (χ0n) is 10.8. The van der Waals surface area contributed by atoms with E-state index in [4.69, 9.17) is 10.5 Å². The summed E-state index contributed by atoms with van der Waals surface area (Å²) in [6.45, 7) is 3.21. The number of ether oxygens (including phenoxy) is 1. The molecule has 1 aromatic rings. The largest absolute Gasteiger partial charge is 0.465 e. The number of carbonyl (C=O) groups is 1. The molecule has 0 radical (unpaired) electrons. The molecule has 0 heterocycles. The van der Waals surface area contributed by atoms with Crippen LogP contribution in [0.4, 0.5) is 13.2 Å². The third-order valence-corrected chi connectivity index (χ3v) is 2.65. The number of esters is 1. The number of rotatable bonds is 4. The van der Waals surface area contributed by atoms with E-state index < -0.39 is 23.8 Å². The highest BCUT2D eigenvalue weighted by Gasteiger charge is 2.32. The molecule has 19 heavy (non-hydrogen) atoms. The molecule has 0 saturated carbocycles. The molecule has 0 aliphatic carbocycles. The molecule has 6 heteroatoms. The molecule has 1 unspecified atom stereocenters. The number of hydrogen-bond donors (Lipinski definition) is 1. The molecule has 0 spiro atoms. The van der Waals surface area contributed by atoms with Crippen molar-refractivity contribution in [2.75, 3.05) is 6.61 Å². The summed E-state index contributed by atoms with van der Waals surface area (Å²) in [5, 5.41) is 0. The van der Waals surface area contributed by atoms with Crippen molar-refractivity contribution >= 4 is 5.97 Å². The van der Waals surface area contributed by atoms with Crippen molar-refractivity contribution in [3.8, 4) is 0 Å². The van der Waals surface area contributed by atoms with Crippen LogP contribution in [0.2, 0.25) is 0 Å². The third-order valence-electron chi connectivity index (χ3n) is 2.65. The first-order valence-corrected chi connectivity index (χ1v) is 5.84. The molecule has 0 aliphatic heterocycles. The molecular formula is C13H16F3NO2. The molecule has 2 N–H and O–H groups in total. The van der Waals surface area contributed by atoms with Crippen LogP contribution in [0.1, 0.15) is 23.6 Å². The van der Waals surface area contributed by atoms with E-state index in [2.05, 4.69) is 0 Å². The summed E-state index contributed by atoms with van der Waals surface area (Å²) in [5.74, 6) is -0.614. The summed E-state index contributed by atoms with van der Waals surface area (Å²) >= 11 is 0. The normalized spacial score (nSPS) is 13.2. The molecule has 1 atom stereocenters. The van der Waals surface area contributed by atoms with Gasteiger partial charge in [0.25, 0.3) is 0 Å². The van der Waals surface area contributed by atoms with Gasteiger partial charge in [-0.25, -0.2) is 0 Å². The highest BCUT2D eigenvalue weighted by molar-refractivity contribution is 5.75. The van der Waals surface area contributed by atoms with Gasteiger partial charge in [-0.2, -0.15) is 13.2 Å². The van der Waals surface area contributed by atoms with Gasteiger partial charge in [-0.1, -0.05) is 12.1 Å². The Morgan fingerprint density at radius 2 is 2.05 bits per heavy atom. The Morgan fingerprint density at radius 3 is 2.58 bits per heavy atom. The van der Waals surface area contributed by atoms with Gasteiger partial charge in [-0.15, -0.1) is 0 Å². The predicted molar refractivity (Wildman–Crippen MR) is 64.5 cm³/mol. The third kappa shape index (κ3) is 4.24. The molecule has 1 rings (SSSR count).